The minimum Gasteiger partial charge on any atom is -0.309 e. The van der Waals surface area contributed by atoms with Gasteiger partial charge in [-0.15, -0.1) is 0 Å². The molecule has 0 aliphatic rings. The van der Waals surface area contributed by atoms with Gasteiger partial charge in [0.2, 0.25) is 0 Å². The van der Waals surface area contributed by atoms with E-state index in [1.807, 2.05) is 0 Å². The zero-order chi connectivity index (χ0) is 17.9. The van der Waals surface area contributed by atoms with Crippen LogP contribution < -0.4 is 0 Å². The van der Waals surface area contributed by atoms with Crippen molar-refractivity contribution < 1.29 is 0 Å². The quantitative estimate of drug-likeness (QED) is 0.566. The highest BCUT2D eigenvalue weighted by molar-refractivity contribution is 5.16. The van der Waals surface area contributed by atoms with E-state index >= 15 is 0 Å². The predicted octanol–water partition coefficient (Wildman–Crippen LogP) is 4.27. The Labute approximate surface area is 153 Å². The smallest absolute Gasteiger partial charge is 0.0387 e. The zero-order valence-electron chi connectivity index (χ0n) is 16.1. The predicted molar refractivity (Wildman–Crippen MR) is 107 cm³/mol. The van der Waals surface area contributed by atoms with Crippen LogP contribution in [-0.2, 0) is 13.1 Å². The molecule has 0 fully saturated rings. The van der Waals surface area contributed by atoms with Gasteiger partial charge in [0.1, 0.15) is 0 Å². The van der Waals surface area contributed by atoms with Gasteiger partial charge in [-0.05, 0) is 44.6 Å². The number of hydrazine groups is 1. The Morgan fingerprint density at radius 2 is 1.16 bits per heavy atom. The molecule has 0 aliphatic carbocycles. The molecule has 136 valence electrons. The minimum atomic E-state index is 0.956. The van der Waals surface area contributed by atoms with Gasteiger partial charge in [-0.2, -0.15) is 0 Å². The molecule has 0 aliphatic heterocycles. The molecule has 2 aromatic carbocycles. The second-order valence-corrected chi connectivity index (χ2v) is 6.90. The molecule has 0 N–H and O–H groups in total. The third-order valence-electron chi connectivity index (χ3n) is 4.32. The number of hydrogen-bond donors (Lipinski definition) is 0. The molecular weight excluding hydrogens is 306 g/mol. The van der Waals surface area contributed by atoms with Crippen LogP contribution in [-0.4, -0.2) is 48.6 Å². The fraction of sp³-hybridized carbons (Fsp3) is 0.455. The average Bonchev–Trinajstić information content (AvgIpc) is 2.62. The van der Waals surface area contributed by atoms with Gasteiger partial charge < -0.3 is 4.90 Å². The summed E-state index contributed by atoms with van der Waals surface area (Å²) in [6.07, 6.45) is 2.36. The van der Waals surface area contributed by atoms with Crippen molar-refractivity contribution in [1.82, 2.24) is 14.9 Å². The van der Waals surface area contributed by atoms with E-state index in [-0.39, 0.29) is 0 Å². The molecule has 0 atom stereocenters. The molecule has 0 amide bonds. The molecule has 2 aromatic rings. The number of rotatable bonds is 11. The summed E-state index contributed by atoms with van der Waals surface area (Å²) in [7, 11) is 4.30. The average molecular weight is 340 g/mol. The molecule has 0 radical (unpaired) electrons. The van der Waals surface area contributed by atoms with E-state index in [1.165, 1.54) is 24.0 Å². The molecule has 3 heteroatoms. The van der Waals surface area contributed by atoms with Crippen LogP contribution in [0, 0.1) is 0 Å². The summed E-state index contributed by atoms with van der Waals surface area (Å²) in [5.41, 5.74) is 2.74. The molecule has 3 nitrogen and oxygen atoms in total. The number of nitrogens with zero attached hydrogens (tertiary/aromatic N) is 3. The maximum atomic E-state index is 2.55. The van der Waals surface area contributed by atoms with Gasteiger partial charge in [-0.3, -0.25) is 0 Å². The number of benzene rings is 2. The van der Waals surface area contributed by atoms with Gasteiger partial charge >= 0.3 is 0 Å². The minimum absolute atomic E-state index is 0.956. The Hall–Kier alpha value is -1.68. The molecule has 0 bridgehead atoms. The second kappa shape index (κ2) is 11.0. The zero-order valence-corrected chi connectivity index (χ0v) is 16.1. The normalized spacial score (nSPS) is 11.6. The summed E-state index contributed by atoms with van der Waals surface area (Å²) in [6.45, 7) is 7.51. The van der Waals surface area contributed by atoms with Crippen LogP contribution in [0.15, 0.2) is 60.7 Å². The first kappa shape index (κ1) is 19.6. The van der Waals surface area contributed by atoms with E-state index in [9.17, 15) is 0 Å². The Balaban J connectivity index is 2.11. The van der Waals surface area contributed by atoms with Crippen LogP contribution in [0.2, 0.25) is 0 Å². The van der Waals surface area contributed by atoms with Crippen molar-refractivity contribution in [1.29, 1.82) is 0 Å². The Kier molecular flexibility index (Phi) is 8.67. The summed E-state index contributed by atoms with van der Waals surface area (Å²) in [6, 6.07) is 21.6. The molecule has 0 unspecified atom stereocenters. The molecule has 0 spiro atoms. The van der Waals surface area contributed by atoms with Crippen molar-refractivity contribution in [3.05, 3.63) is 71.8 Å². The standard InChI is InChI=1S/C22H33N3/c1-4-16-24(18-11-17-23(2)3)25(19-21-12-7-5-8-13-21)20-22-14-9-6-10-15-22/h5-10,12-15H,4,11,16-20H2,1-3H3. The van der Waals surface area contributed by atoms with Crippen LogP contribution in [0.25, 0.3) is 0 Å². The Bertz CT molecular complexity index is 527. The van der Waals surface area contributed by atoms with E-state index in [1.54, 1.807) is 0 Å². The lowest BCUT2D eigenvalue weighted by Crippen LogP contribution is -2.43. The summed E-state index contributed by atoms with van der Waals surface area (Å²) < 4.78 is 0. The summed E-state index contributed by atoms with van der Waals surface area (Å²) in [5, 5.41) is 5.06. The first-order chi connectivity index (χ1) is 12.2. The van der Waals surface area contributed by atoms with Gasteiger partial charge in [0.05, 0.1) is 0 Å². The topological polar surface area (TPSA) is 9.72 Å². The van der Waals surface area contributed by atoms with E-state index < -0.39 is 0 Å². The van der Waals surface area contributed by atoms with Crippen molar-refractivity contribution >= 4 is 0 Å². The molecule has 0 heterocycles. The lowest BCUT2D eigenvalue weighted by atomic mass is 10.2. The lowest BCUT2D eigenvalue weighted by Gasteiger charge is -2.35. The second-order valence-electron chi connectivity index (χ2n) is 6.90. The van der Waals surface area contributed by atoms with Gasteiger partial charge in [0, 0.05) is 26.2 Å². The molecule has 0 aromatic heterocycles. The lowest BCUT2D eigenvalue weighted by molar-refractivity contribution is -0.0431. The largest absolute Gasteiger partial charge is 0.309 e. The molecule has 25 heavy (non-hydrogen) atoms. The molecular formula is C22H33N3. The van der Waals surface area contributed by atoms with Gasteiger partial charge in [-0.1, -0.05) is 67.6 Å². The third kappa shape index (κ3) is 7.39. The molecule has 0 saturated heterocycles. The van der Waals surface area contributed by atoms with Gasteiger partial charge in [0.15, 0.2) is 0 Å². The summed E-state index contributed by atoms with van der Waals surface area (Å²) in [5.74, 6) is 0. The van der Waals surface area contributed by atoms with Crippen molar-refractivity contribution in [2.45, 2.75) is 32.9 Å². The van der Waals surface area contributed by atoms with Crippen molar-refractivity contribution in [2.75, 3.05) is 33.7 Å². The highest BCUT2D eigenvalue weighted by Crippen LogP contribution is 2.14. The number of hydrogen-bond acceptors (Lipinski definition) is 3. The first-order valence-electron chi connectivity index (χ1n) is 9.41. The molecule has 2 rings (SSSR count). The van der Waals surface area contributed by atoms with E-state index in [2.05, 4.69) is 96.6 Å². The SMILES string of the molecule is CCCN(CCCN(C)C)N(Cc1ccccc1)Cc1ccccc1. The Morgan fingerprint density at radius 1 is 0.640 bits per heavy atom. The van der Waals surface area contributed by atoms with Crippen molar-refractivity contribution in [3.8, 4) is 0 Å². The fourth-order valence-electron chi connectivity index (χ4n) is 3.07. The van der Waals surface area contributed by atoms with Crippen LogP contribution in [0.5, 0.6) is 0 Å². The van der Waals surface area contributed by atoms with Crippen LogP contribution >= 0.6 is 0 Å². The maximum Gasteiger partial charge on any atom is 0.0387 e. The highest BCUT2D eigenvalue weighted by atomic mass is 15.6. The highest BCUT2D eigenvalue weighted by Gasteiger charge is 2.15. The van der Waals surface area contributed by atoms with E-state index in [4.69, 9.17) is 0 Å². The maximum absolute atomic E-state index is 2.55. The summed E-state index contributed by atoms with van der Waals surface area (Å²) in [4.78, 5) is 2.27. The molecule has 0 saturated carbocycles. The Morgan fingerprint density at radius 3 is 1.60 bits per heavy atom. The van der Waals surface area contributed by atoms with Crippen LogP contribution in [0.3, 0.4) is 0 Å². The van der Waals surface area contributed by atoms with E-state index in [0.717, 1.165) is 32.7 Å². The van der Waals surface area contributed by atoms with Crippen molar-refractivity contribution in [2.24, 2.45) is 0 Å². The summed E-state index contributed by atoms with van der Waals surface area (Å²) >= 11 is 0. The van der Waals surface area contributed by atoms with Crippen molar-refractivity contribution in [3.63, 3.8) is 0 Å². The fourth-order valence-corrected chi connectivity index (χ4v) is 3.07. The van der Waals surface area contributed by atoms with Gasteiger partial charge in [0.25, 0.3) is 0 Å². The third-order valence-corrected chi connectivity index (χ3v) is 4.32. The van der Waals surface area contributed by atoms with Gasteiger partial charge in [-0.25, -0.2) is 10.0 Å². The van der Waals surface area contributed by atoms with Crippen LogP contribution in [0.4, 0.5) is 0 Å². The first-order valence-corrected chi connectivity index (χ1v) is 9.41. The monoisotopic (exact) mass is 339 g/mol. The van der Waals surface area contributed by atoms with Crippen LogP contribution in [0.1, 0.15) is 30.9 Å². The van der Waals surface area contributed by atoms with E-state index in [0.29, 0.717) is 0 Å².